The van der Waals surface area contributed by atoms with E-state index in [-0.39, 0.29) is 0 Å². The van der Waals surface area contributed by atoms with Gasteiger partial charge in [0, 0.05) is 17.8 Å². The van der Waals surface area contributed by atoms with Crippen molar-refractivity contribution < 1.29 is 4.42 Å². The maximum atomic E-state index is 5.32. The fourth-order valence-electron chi connectivity index (χ4n) is 1.41. The van der Waals surface area contributed by atoms with Crippen LogP contribution >= 0.6 is 11.3 Å². The number of furan rings is 1. The quantitative estimate of drug-likeness (QED) is 0.863. The van der Waals surface area contributed by atoms with Crippen molar-refractivity contribution >= 4 is 11.3 Å². The highest BCUT2D eigenvalue weighted by molar-refractivity contribution is 7.15. The number of aromatic nitrogens is 1. The van der Waals surface area contributed by atoms with Crippen molar-refractivity contribution in [3.8, 4) is 10.8 Å². The van der Waals surface area contributed by atoms with Gasteiger partial charge in [0.2, 0.25) is 0 Å². The van der Waals surface area contributed by atoms with E-state index in [1.807, 2.05) is 19.2 Å². The summed E-state index contributed by atoms with van der Waals surface area (Å²) in [6, 6.07) is 3.83. The standard InChI is InChI=1S/C11H14N2OS/c1-8-9(5-6-12-2)13-11(15-8)10-4-3-7-14-10/h3-4,7,12H,5-6H2,1-2H3. The van der Waals surface area contributed by atoms with Crippen LogP contribution in [0.2, 0.25) is 0 Å². The summed E-state index contributed by atoms with van der Waals surface area (Å²) in [5.41, 5.74) is 1.17. The maximum Gasteiger partial charge on any atom is 0.162 e. The van der Waals surface area contributed by atoms with Crippen LogP contribution in [0.5, 0.6) is 0 Å². The van der Waals surface area contributed by atoms with E-state index in [0.717, 1.165) is 23.7 Å². The van der Waals surface area contributed by atoms with Crippen LogP contribution in [-0.4, -0.2) is 18.6 Å². The minimum atomic E-state index is 0.860. The van der Waals surface area contributed by atoms with Gasteiger partial charge in [0.25, 0.3) is 0 Å². The fourth-order valence-corrected chi connectivity index (χ4v) is 2.34. The molecule has 2 aromatic rings. The van der Waals surface area contributed by atoms with Gasteiger partial charge in [0.05, 0.1) is 12.0 Å². The van der Waals surface area contributed by atoms with E-state index in [9.17, 15) is 0 Å². The number of rotatable bonds is 4. The molecule has 15 heavy (non-hydrogen) atoms. The molecule has 1 N–H and O–H groups in total. The minimum Gasteiger partial charge on any atom is -0.462 e. The molecule has 0 amide bonds. The maximum absolute atomic E-state index is 5.32. The lowest BCUT2D eigenvalue weighted by molar-refractivity contribution is 0.581. The molecular formula is C11H14N2OS. The average molecular weight is 222 g/mol. The summed E-state index contributed by atoms with van der Waals surface area (Å²) in [5.74, 6) is 0.860. The summed E-state index contributed by atoms with van der Waals surface area (Å²) in [5, 5.41) is 4.10. The first-order valence-electron chi connectivity index (χ1n) is 4.96. The molecule has 0 aliphatic rings. The van der Waals surface area contributed by atoms with Crippen LogP contribution in [0, 0.1) is 6.92 Å². The van der Waals surface area contributed by atoms with Crippen molar-refractivity contribution in [2.75, 3.05) is 13.6 Å². The zero-order valence-corrected chi connectivity index (χ0v) is 9.73. The average Bonchev–Trinajstić information content (AvgIpc) is 2.83. The largest absolute Gasteiger partial charge is 0.462 e. The van der Waals surface area contributed by atoms with Crippen molar-refractivity contribution in [1.82, 2.24) is 10.3 Å². The highest BCUT2D eigenvalue weighted by Gasteiger charge is 2.10. The van der Waals surface area contributed by atoms with Crippen LogP contribution in [0.1, 0.15) is 10.6 Å². The third kappa shape index (κ3) is 2.27. The van der Waals surface area contributed by atoms with Gasteiger partial charge in [-0.05, 0) is 26.1 Å². The molecule has 3 nitrogen and oxygen atoms in total. The van der Waals surface area contributed by atoms with Gasteiger partial charge in [-0.25, -0.2) is 4.98 Å². The second-order valence-electron chi connectivity index (χ2n) is 3.35. The molecule has 0 unspecified atom stereocenters. The highest BCUT2D eigenvalue weighted by atomic mass is 32.1. The Morgan fingerprint density at radius 2 is 2.40 bits per heavy atom. The van der Waals surface area contributed by atoms with E-state index in [2.05, 4.69) is 17.2 Å². The Morgan fingerprint density at radius 3 is 3.07 bits per heavy atom. The van der Waals surface area contributed by atoms with E-state index in [4.69, 9.17) is 4.42 Å². The molecule has 0 saturated heterocycles. The molecule has 0 saturated carbocycles. The zero-order chi connectivity index (χ0) is 10.7. The lowest BCUT2D eigenvalue weighted by atomic mass is 10.3. The van der Waals surface area contributed by atoms with Crippen molar-refractivity contribution in [2.24, 2.45) is 0 Å². The van der Waals surface area contributed by atoms with Gasteiger partial charge in [-0.3, -0.25) is 0 Å². The number of nitrogens with one attached hydrogen (secondary N) is 1. The van der Waals surface area contributed by atoms with Gasteiger partial charge < -0.3 is 9.73 Å². The monoisotopic (exact) mass is 222 g/mol. The summed E-state index contributed by atoms with van der Waals surface area (Å²) in [4.78, 5) is 5.85. The van der Waals surface area contributed by atoms with E-state index in [0.29, 0.717) is 0 Å². The Kier molecular flexibility index (Phi) is 3.18. The van der Waals surface area contributed by atoms with Gasteiger partial charge in [0.15, 0.2) is 10.8 Å². The molecule has 0 aliphatic heterocycles. The molecule has 4 heteroatoms. The van der Waals surface area contributed by atoms with E-state index < -0.39 is 0 Å². The Hall–Kier alpha value is -1.13. The molecule has 2 aromatic heterocycles. The van der Waals surface area contributed by atoms with Gasteiger partial charge >= 0.3 is 0 Å². The minimum absolute atomic E-state index is 0.860. The van der Waals surface area contributed by atoms with Crippen LogP contribution in [0.15, 0.2) is 22.8 Å². The Bertz CT molecular complexity index is 420. The second kappa shape index (κ2) is 4.59. The topological polar surface area (TPSA) is 38.1 Å². The zero-order valence-electron chi connectivity index (χ0n) is 8.91. The van der Waals surface area contributed by atoms with Crippen LogP contribution in [0.4, 0.5) is 0 Å². The SMILES string of the molecule is CNCCc1nc(-c2ccco2)sc1C. The second-order valence-corrected chi connectivity index (χ2v) is 4.56. The predicted molar refractivity (Wildman–Crippen MR) is 62.2 cm³/mol. The predicted octanol–water partition coefficient (Wildman–Crippen LogP) is 2.47. The molecule has 0 aliphatic carbocycles. The molecular weight excluding hydrogens is 208 g/mol. The fraction of sp³-hybridized carbons (Fsp3) is 0.364. The van der Waals surface area contributed by atoms with Crippen molar-refractivity contribution in [2.45, 2.75) is 13.3 Å². The van der Waals surface area contributed by atoms with E-state index >= 15 is 0 Å². The third-order valence-corrected chi connectivity index (χ3v) is 3.26. The normalized spacial score (nSPS) is 10.8. The van der Waals surface area contributed by atoms with Gasteiger partial charge in [-0.2, -0.15) is 0 Å². The summed E-state index contributed by atoms with van der Waals surface area (Å²) in [6.07, 6.45) is 2.65. The van der Waals surface area contributed by atoms with Crippen LogP contribution in [-0.2, 0) is 6.42 Å². The molecule has 0 aromatic carbocycles. The summed E-state index contributed by atoms with van der Waals surface area (Å²) < 4.78 is 5.32. The number of likely N-dealkylation sites (N-methyl/N-ethyl adjacent to an activating group) is 1. The molecule has 0 fully saturated rings. The number of hydrogen-bond donors (Lipinski definition) is 1. The van der Waals surface area contributed by atoms with Crippen molar-refractivity contribution in [3.05, 3.63) is 29.0 Å². The first-order valence-corrected chi connectivity index (χ1v) is 5.77. The first-order chi connectivity index (χ1) is 7.31. The van der Waals surface area contributed by atoms with E-state index in [1.54, 1.807) is 17.6 Å². The van der Waals surface area contributed by atoms with Crippen molar-refractivity contribution in [1.29, 1.82) is 0 Å². The van der Waals surface area contributed by atoms with Crippen molar-refractivity contribution in [3.63, 3.8) is 0 Å². The Labute approximate surface area is 93.2 Å². The lowest BCUT2D eigenvalue weighted by Gasteiger charge is -1.95. The first kappa shape index (κ1) is 10.4. The Morgan fingerprint density at radius 1 is 1.53 bits per heavy atom. The van der Waals surface area contributed by atoms with Gasteiger partial charge in [-0.15, -0.1) is 11.3 Å². The van der Waals surface area contributed by atoms with Crippen LogP contribution in [0.25, 0.3) is 10.8 Å². The lowest BCUT2D eigenvalue weighted by Crippen LogP contribution is -2.10. The van der Waals surface area contributed by atoms with Crippen LogP contribution in [0.3, 0.4) is 0 Å². The molecule has 0 radical (unpaired) electrons. The molecule has 0 bridgehead atoms. The van der Waals surface area contributed by atoms with Crippen LogP contribution < -0.4 is 5.32 Å². The van der Waals surface area contributed by atoms with Gasteiger partial charge in [0.1, 0.15) is 0 Å². The molecule has 0 atom stereocenters. The Balaban J connectivity index is 2.21. The summed E-state index contributed by atoms with van der Waals surface area (Å²) in [6.45, 7) is 3.07. The third-order valence-electron chi connectivity index (χ3n) is 2.24. The number of aryl methyl sites for hydroxylation is 1. The number of nitrogens with zero attached hydrogens (tertiary/aromatic N) is 1. The number of thiazole rings is 1. The molecule has 2 heterocycles. The summed E-state index contributed by atoms with van der Waals surface area (Å²) >= 11 is 1.69. The highest BCUT2D eigenvalue weighted by Crippen LogP contribution is 2.27. The number of hydrogen-bond acceptors (Lipinski definition) is 4. The van der Waals surface area contributed by atoms with Gasteiger partial charge in [-0.1, -0.05) is 0 Å². The smallest absolute Gasteiger partial charge is 0.162 e. The molecule has 2 rings (SSSR count). The van der Waals surface area contributed by atoms with E-state index in [1.165, 1.54) is 10.6 Å². The molecule has 80 valence electrons. The molecule has 0 spiro atoms. The summed E-state index contributed by atoms with van der Waals surface area (Å²) in [7, 11) is 1.95.